The number of Topliss-reactive ketones (excluding diaryl/α,β-unsaturated/α-hetero) is 1. The lowest BCUT2D eigenvalue weighted by molar-refractivity contribution is -0.132. The summed E-state index contributed by atoms with van der Waals surface area (Å²) >= 11 is 14.8. The number of thioether (sulfide) groups is 1. The van der Waals surface area contributed by atoms with Gasteiger partial charge in [0.15, 0.2) is 4.34 Å². The maximum atomic E-state index is 13.3. The predicted molar refractivity (Wildman–Crippen MR) is 146 cm³/mol. The van der Waals surface area contributed by atoms with Gasteiger partial charge in [-0.15, -0.1) is 10.2 Å². The molecule has 0 spiro atoms. The third-order valence-corrected chi connectivity index (χ3v) is 8.45. The molecule has 1 amide bonds. The lowest BCUT2D eigenvalue weighted by Gasteiger charge is -2.22. The minimum absolute atomic E-state index is 0.0163. The molecule has 11 heteroatoms. The Labute approximate surface area is 230 Å². The first kappa shape index (κ1) is 25.4. The highest BCUT2D eigenvalue weighted by molar-refractivity contribution is 8.00. The number of amides is 1. The third-order valence-electron chi connectivity index (χ3n) is 5.76. The van der Waals surface area contributed by atoms with Crippen LogP contribution in [-0.2, 0) is 15.3 Å². The van der Waals surface area contributed by atoms with Crippen LogP contribution >= 0.6 is 46.3 Å². The van der Waals surface area contributed by atoms with Crippen LogP contribution in [0.5, 0.6) is 0 Å². The Morgan fingerprint density at radius 1 is 1.05 bits per heavy atom. The maximum Gasteiger partial charge on any atom is 0.301 e. The van der Waals surface area contributed by atoms with Gasteiger partial charge < -0.3 is 5.11 Å². The Balaban J connectivity index is 1.51. The zero-order valence-electron chi connectivity index (χ0n) is 19.3. The smallest absolute Gasteiger partial charge is 0.301 e. The Morgan fingerprint density at radius 3 is 2.49 bits per heavy atom. The monoisotopic (exact) mass is 568 g/mol. The molecule has 0 saturated carbocycles. The molecule has 1 unspecified atom stereocenters. The topological polar surface area (TPSA) is 96.3 Å². The molecule has 1 aliphatic heterocycles. The number of carbonyl (C=O) groups is 2. The third kappa shape index (κ3) is 5.13. The fourth-order valence-electron chi connectivity index (χ4n) is 3.89. The van der Waals surface area contributed by atoms with E-state index in [1.54, 1.807) is 48.8 Å². The van der Waals surface area contributed by atoms with Gasteiger partial charge in [0.2, 0.25) is 5.13 Å². The standard InChI is InChI=1S/C26H18Cl2N4O3S2/c1-14-2-4-16(5-3-14)22(33)20-21(15-8-10-29-11-9-15)32(24(35)23(20)34)25-30-31-26(37-25)36-13-17-6-7-18(27)12-19(17)28/h2-12,21,33H,13H2,1H3/b22-20-. The quantitative estimate of drug-likeness (QED) is 0.0935. The second kappa shape index (κ2) is 10.6. The van der Waals surface area contributed by atoms with Crippen molar-refractivity contribution in [3.05, 3.63) is 105 Å². The number of rotatable bonds is 6. The molecule has 0 radical (unpaired) electrons. The van der Waals surface area contributed by atoms with Gasteiger partial charge in [-0.3, -0.25) is 19.5 Å². The number of pyridine rings is 1. The highest BCUT2D eigenvalue weighted by atomic mass is 35.5. The van der Waals surface area contributed by atoms with Gasteiger partial charge in [-0.05, 0) is 42.3 Å². The second-order valence-electron chi connectivity index (χ2n) is 8.19. The summed E-state index contributed by atoms with van der Waals surface area (Å²) in [4.78, 5) is 31.8. The van der Waals surface area contributed by atoms with Crippen molar-refractivity contribution < 1.29 is 14.7 Å². The van der Waals surface area contributed by atoms with Crippen molar-refractivity contribution in [3.8, 4) is 0 Å². The average molecular weight is 569 g/mol. The summed E-state index contributed by atoms with van der Waals surface area (Å²) in [5.74, 6) is -1.31. The molecule has 1 atom stereocenters. The Hall–Kier alpha value is -3.24. The molecule has 2 aromatic heterocycles. The molecule has 2 aromatic carbocycles. The molecular weight excluding hydrogens is 551 g/mol. The summed E-state index contributed by atoms with van der Waals surface area (Å²) in [6, 6.07) is 14.9. The van der Waals surface area contributed by atoms with Crippen molar-refractivity contribution in [1.29, 1.82) is 0 Å². The first-order chi connectivity index (χ1) is 17.8. The van der Waals surface area contributed by atoms with Gasteiger partial charge in [0, 0.05) is 33.8 Å². The highest BCUT2D eigenvalue weighted by Gasteiger charge is 2.48. The molecule has 5 rings (SSSR count). The van der Waals surface area contributed by atoms with Crippen molar-refractivity contribution in [3.63, 3.8) is 0 Å². The molecule has 1 saturated heterocycles. The number of hydrogen-bond acceptors (Lipinski definition) is 8. The fourth-order valence-corrected chi connectivity index (χ4v) is 6.32. The van der Waals surface area contributed by atoms with Gasteiger partial charge in [-0.2, -0.15) is 0 Å². The van der Waals surface area contributed by atoms with E-state index in [9.17, 15) is 14.7 Å². The van der Waals surface area contributed by atoms with E-state index in [2.05, 4.69) is 15.2 Å². The minimum atomic E-state index is -0.888. The minimum Gasteiger partial charge on any atom is -0.507 e. The number of benzene rings is 2. The van der Waals surface area contributed by atoms with E-state index in [1.807, 2.05) is 25.1 Å². The lowest BCUT2D eigenvalue weighted by Crippen LogP contribution is -2.29. The number of hydrogen-bond donors (Lipinski definition) is 1. The zero-order chi connectivity index (χ0) is 26.1. The Morgan fingerprint density at radius 2 is 1.78 bits per heavy atom. The van der Waals surface area contributed by atoms with Gasteiger partial charge in [-0.1, -0.05) is 82.2 Å². The van der Waals surface area contributed by atoms with E-state index >= 15 is 0 Å². The molecule has 1 fully saturated rings. The highest BCUT2D eigenvalue weighted by Crippen LogP contribution is 2.44. The number of aromatic nitrogens is 3. The van der Waals surface area contributed by atoms with Crippen LogP contribution in [0.2, 0.25) is 10.0 Å². The van der Waals surface area contributed by atoms with Gasteiger partial charge in [-0.25, -0.2) is 0 Å². The number of ketones is 1. The average Bonchev–Trinajstić information content (AvgIpc) is 3.46. The molecule has 186 valence electrons. The van der Waals surface area contributed by atoms with Crippen molar-refractivity contribution in [2.75, 3.05) is 4.90 Å². The molecule has 1 N–H and O–H groups in total. The van der Waals surface area contributed by atoms with Crippen molar-refractivity contribution in [1.82, 2.24) is 15.2 Å². The normalized spacial score (nSPS) is 16.9. The summed E-state index contributed by atoms with van der Waals surface area (Å²) in [6.07, 6.45) is 3.14. The van der Waals surface area contributed by atoms with Crippen LogP contribution in [0.15, 0.2) is 76.9 Å². The fraction of sp³-hybridized carbons (Fsp3) is 0.115. The molecule has 1 aliphatic rings. The van der Waals surface area contributed by atoms with E-state index in [0.29, 0.717) is 31.3 Å². The largest absolute Gasteiger partial charge is 0.507 e. The summed E-state index contributed by atoms with van der Waals surface area (Å²) in [7, 11) is 0. The number of halogens is 2. The number of nitrogens with zero attached hydrogens (tertiary/aromatic N) is 4. The summed E-state index contributed by atoms with van der Waals surface area (Å²) in [5.41, 5.74) is 2.92. The number of carbonyl (C=O) groups excluding carboxylic acids is 2. The molecule has 3 heterocycles. The van der Waals surface area contributed by atoms with E-state index in [1.165, 1.54) is 28.0 Å². The first-order valence-electron chi connectivity index (χ1n) is 11.0. The van der Waals surface area contributed by atoms with Crippen LogP contribution in [0.1, 0.15) is 28.3 Å². The SMILES string of the molecule is Cc1ccc(/C(O)=C2/C(=O)C(=O)N(c3nnc(SCc4ccc(Cl)cc4Cl)s3)C2c2ccncc2)cc1. The van der Waals surface area contributed by atoms with Gasteiger partial charge in [0.05, 0.1) is 11.6 Å². The molecule has 7 nitrogen and oxygen atoms in total. The number of aliphatic hydroxyl groups is 1. The number of anilines is 1. The van der Waals surface area contributed by atoms with Crippen LogP contribution in [0.4, 0.5) is 5.13 Å². The van der Waals surface area contributed by atoms with Crippen LogP contribution in [0.3, 0.4) is 0 Å². The predicted octanol–water partition coefficient (Wildman–Crippen LogP) is 6.47. The van der Waals surface area contributed by atoms with Crippen LogP contribution < -0.4 is 4.90 Å². The number of aliphatic hydroxyl groups excluding tert-OH is 1. The van der Waals surface area contributed by atoms with Crippen LogP contribution in [0, 0.1) is 6.92 Å². The molecular formula is C26H18Cl2N4O3S2. The lowest BCUT2D eigenvalue weighted by atomic mass is 9.96. The molecule has 4 aromatic rings. The van der Waals surface area contributed by atoms with Crippen molar-refractivity contribution in [2.24, 2.45) is 0 Å². The van der Waals surface area contributed by atoms with E-state index in [0.717, 1.165) is 11.1 Å². The maximum absolute atomic E-state index is 13.3. The van der Waals surface area contributed by atoms with Crippen LogP contribution in [0.25, 0.3) is 5.76 Å². The van der Waals surface area contributed by atoms with Gasteiger partial charge >= 0.3 is 5.91 Å². The van der Waals surface area contributed by atoms with E-state index < -0.39 is 17.7 Å². The summed E-state index contributed by atoms with van der Waals surface area (Å²) < 4.78 is 0.593. The Kier molecular flexibility index (Phi) is 7.30. The number of aryl methyl sites for hydroxylation is 1. The van der Waals surface area contributed by atoms with Crippen LogP contribution in [-0.4, -0.2) is 32.0 Å². The first-order valence-corrected chi connectivity index (χ1v) is 13.6. The summed E-state index contributed by atoms with van der Waals surface area (Å²) in [6.45, 7) is 1.92. The molecule has 0 aliphatic carbocycles. The van der Waals surface area contributed by atoms with Crippen molar-refractivity contribution >= 4 is 68.9 Å². The van der Waals surface area contributed by atoms with E-state index in [-0.39, 0.29) is 16.5 Å². The Bertz CT molecular complexity index is 1520. The van der Waals surface area contributed by atoms with Gasteiger partial charge in [0.25, 0.3) is 5.78 Å². The molecule has 37 heavy (non-hydrogen) atoms. The molecule has 0 bridgehead atoms. The van der Waals surface area contributed by atoms with E-state index in [4.69, 9.17) is 23.2 Å². The second-order valence-corrected chi connectivity index (χ2v) is 11.2. The zero-order valence-corrected chi connectivity index (χ0v) is 22.4. The summed E-state index contributed by atoms with van der Waals surface area (Å²) in [5, 5.41) is 20.9. The van der Waals surface area contributed by atoms with Gasteiger partial charge in [0.1, 0.15) is 5.76 Å². The van der Waals surface area contributed by atoms with Crippen molar-refractivity contribution in [2.45, 2.75) is 23.1 Å².